The van der Waals surface area contributed by atoms with E-state index in [4.69, 9.17) is 4.74 Å². The summed E-state index contributed by atoms with van der Waals surface area (Å²) in [5.74, 6) is 0.488. The molecule has 1 amide bonds. The molecule has 3 rings (SSSR count). The van der Waals surface area contributed by atoms with E-state index >= 15 is 0 Å². The van der Waals surface area contributed by atoms with Crippen LogP contribution in [0.2, 0.25) is 0 Å². The van der Waals surface area contributed by atoms with Crippen LogP contribution >= 0.6 is 0 Å². The van der Waals surface area contributed by atoms with Crippen LogP contribution in [0, 0.1) is 5.92 Å². The van der Waals surface area contributed by atoms with Gasteiger partial charge in [-0.25, -0.2) is 8.42 Å². The lowest BCUT2D eigenvalue weighted by molar-refractivity contribution is -0.0586. The van der Waals surface area contributed by atoms with E-state index in [1.54, 1.807) is 33.5 Å². The lowest BCUT2D eigenvalue weighted by atomic mass is 10.0. The van der Waals surface area contributed by atoms with E-state index in [0.717, 1.165) is 12.8 Å². The largest absolute Gasteiger partial charge is 0.372 e. The second-order valence-corrected chi connectivity index (χ2v) is 9.52. The maximum absolute atomic E-state index is 12.8. The van der Waals surface area contributed by atoms with Gasteiger partial charge in [0.15, 0.2) is 0 Å². The van der Waals surface area contributed by atoms with Gasteiger partial charge in [-0.1, -0.05) is 6.92 Å². The van der Waals surface area contributed by atoms with Gasteiger partial charge in [-0.15, -0.1) is 0 Å². The lowest BCUT2D eigenvalue weighted by Gasteiger charge is -2.35. The lowest BCUT2D eigenvalue weighted by Crippen LogP contribution is -2.48. The molecular weight excluding hydrogens is 352 g/mol. The SMILES string of the molecule is CC1CCN(S(=O)(=O)c2ccc(C(=O)N3CC(C)OC(C)C3)cc2)CC1. The number of hydrogen-bond acceptors (Lipinski definition) is 4. The average Bonchev–Trinajstić information content (AvgIpc) is 2.61. The summed E-state index contributed by atoms with van der Waals surface area (Å²) in [5.41, 5.74) is 0.512. The maximum Gasteiger partial charge on any atom is 0.254 e. The normalized spacial score (nSPS) is 26.0. The Morgan fingerprint density at radius 1 is 1.00 bits per heavy atom. The minimum absolute atomic E-state index is 0.00356. The predicted octanol–water partition coefficient (Wildman–Crippen LogP) is 2.36. The number of sulfonamides is 1. The molecule has 144 valence electrons. The van der Waals surface area contributed by atoms with Crippen LogP contribution < -0.4 is 0 Å². The highest BCUT2D eigenvalue weighted by Gasteiger charge is 2.29. The van der Waals surface area contributed by atoms with Gasteiger partial charge in [-0.05, 0) is 56.9 Å². The molecule has 2 heterocycles. The van der Waals surface area contributed by atoms with E-state index in [0.29, 0.717) is 37.7 Å². The van der Waals surface area contributed by atoms with Crippen LogP contribution in [0.4, 0.5) is 0 Å². The zero-order chi connectivity index (χ0) is 18.9. The number of amides is 1. The predicted molar refractivity (Wildman–Crippen MR) is 99.5 cm³/mol. The number of piperidine rings is 1. The minimum atomic E-state index is -3.48. The summed E-state index contributed by atoms with van der Waals surface area (Å²) in [6.45, 7) is 8.28. The van der Waals surface area contributed by atoms with Crippen molar-refractivity contribution in [3.05, 3.63) is 29.8 Å². The van der Waals surface area contributed by atoms with Crippen molar-refractivity contribution in [3.8, 4) is 0 Å². The third kappa shape index (κ3) is 4.10. The Hall–Kier alpha value is -1.44. The number of ether oxygens (including phenoxy) is 1. The van der Waals surface area contributed by atoms with E-state index < -0.39 is 10.0 Å². The summed E-state index contributed by atoms with van der Waals surface area (Å²) in [4.78, 5) is 14.7. The molecule has 2 unspecified atom stereocenters. The van der Waals surface area contributed by atoms with Crippen molar-refractivity contribution in [1.29, 1.82) is 0 Å². The van der Waals surface area contributed by atoms with Crippen LogP contribution in [-0.2, 0) is 14.8 Å². The van der Waals surface area contributed by atoms with Gasteiger partial charge in [0.25, 0.3) is 5.91 Å². The van der Waals surface area contributed by atoms with E-state index in [9.17, 15) is 13.2 Å². The smallest absolute Gasteiger partial charge is 0.254 e. The first-order chi connectivity index (χ1) is 12.3. The molecule has 0 saturated carbocycles. The molecule has 0 bridgehead atoms. The summed E-state index contributed by atoms with van der Waals surface area (Å²) in [6.07, 6.45) is 1.79. The number of nitrogens with zero attached hydrogens (tertiary/aromatic N) is 2. The molecule has 2 atom stereocenters. The number of hydrogen-bond donors (Lipinski definition) is 0. The monoisotopic (exact) mass is 380 g/mol. The fraction of sp³-hybridized carbons (Fsp3) is 0.632. The minimum Gasteiger partial charge on any atom is -0.372 e. The van der Waals surface area contributed by atoms with Crippen LogP contribution in [0.1, 0.15) is 44.0 Å². The Kier molecular flexibility index (Phi) is 5.69. The second-order valence-electron chi connectivity index (χ2n) is 7.58. The fourth-order valence-electron chi connectivity index (χ4n) is 3.67. The fourth-order valence-corrected chi connectivity index (χ4v) is 5.14. The number of benzene rings is 1. The van der Waals surface area contributed by atoms with Gasteiger partial charge in [-0.3, -0.25) is 4.79 Å². The van der Waals surface area contributed by atoms with Crippen LogP contribution in [-0.4, -0.2) is 61.9 Å². The first-order valence-corrected chi connectivity index (χ1v) is 10.8. The van der Waals surface area contributed by atoms with Gasteiger partial charge >= 0.3 is 0 Å². The first-order valence-electron chi connectivity index (χ1n) is 9.32. The Balaban J connectivity index is 1.72. The molecule has 6 nitrogen and oxygen atoms in total. The van der Waals surface area contributed by atoms with E-state index in [-0.39, 0.29) is 23.0 Å². The van der Waals surface area contributed by atoms with E-state index in [1.165, 1.54) is 0 Å². The number of carbonyl (C=O) groups excluding carboxylic acids is 1. The molecule has 2 aliphatic heterocycles. The van der Waals surface area contributed by atoms with Gasteiger partial charge in [0.05, 0.1) is 17.1 Å². The molecule has 2 saturated heterocycles. The number of morpholine rings is 1. The van der Waals surface area contributed by atoms with Crippen molar-refractivity contribution >= 4 is 15.9 Å². The molecule has 0 spiro atoms. The highest BCUT2D eigenvalue weighted by Crippen LogP contribution is 2.24. The molecule has 7 heteroatoms. The highest BCUT2D eigenvalue weighted by molar-refractivity contribution is 7.89. The van der Waals surface area contributed by atoms with Crippen molar-refractivity contribution in [2.24, 2.45) is 5.92 Å². The van der Waals surface area contributed by atoms with E-state index in [1.807, 2.05) is 13.8 Å². The van der Waals surface area contributed by atoms with Crippen LogP contribution in [0.15, 0.2) is 29.2 Å². The van der Waals surface area contributed by atoms with Crippen molar-refractivity contribution in [3.63, 3.8) is 0 Å². The van der Waals surface area contributed by atoms with Crippen LogP contribution in [0.3, 0.4) is 0 Å². The summed E-state index contributed by atoms with van der Waals surface area (Å²) in [7, 11) is -3.48. The maximum atomic E-state index is 12.8. The third-order valence-electron chi connectivity index (χ3n) is 5.19. The zero-order valence-corrected chi connectivity index (χ0v) is 16.5. The molecular formula is C19H28N2O4S. The van der Waals surface area contributed by atoms with Crippen LogP contribution in [0.5, 0.6) is 0 Å². The Morgan fingerprint density at radius 2 is 1.54 bits per heavy atom. The van der Waals surface area contributed by atoms with Gasteiger partial charge in [0.2, 0.25) is 10.0 Å². The Bertz CT molecular complexity index is 729. The highest BCUT2D eigenvalue weighted by atomic mass is 32.2. The van der Waals surface area contributed by atoms with Gasteiger partial charge in [0.1, 0.15) is 0 Å². The summed E-state index contributed by atoms with van der Waals surface area (Å²) in [5, 5.41) is 0. The molecule has 0 N–H and O–H groups in total. The molecule has 1 aromatic carbocycles. The topological polar surface area (TPSA) is 66.9 Å². The van der Waals surface area contributed by atoms with Gasteiger partial charge < -0.3 is 9.64 Å². The van der Waals surface area contributed by atoms with Gasteiger partial charge in [-0.2, -0.15) is 4.31 Å². The van der Waals surface area contributed by atoms with Crippen molar-refractivity contribution in [2.45, 2.75) is 50.7 Å². The van der Waals surface area contributed by atoms with E-state index in [2.05, 4.69) is 6.92 Å². The zero-order valence-electron chi connectivity index (χ0n) is 15.7. The average molecular weight is 381 g/mol. The van der Waals surface area contributed by atoms with Crippen molar-refractivity contribution in [1.82, 2.24) is 9.21 Å². The first kappa shape index (κ1) is 19.3. The summed E-state index contributed by atoms with van der Waals surface area (Å²) in [6, 6.07) is 6.33. The molecule has 0 aromatic heterocycles. The molecule has 2 aliphatic rings. The van der Waals surface area contributed by atoms with Crippen molar-refractivity contribution in [2.75, 3.05) is 26.2 Å². The standard InChI is InChI=1S/C19H28N2O4S/c1-14-8-10-21(11-9-14)26(23,24)18-6-4-17(5-7-18)19(22)20-12-15(2)25-16(3)13-20/h4-7,14-16H,8-13H2,1-3H3. The Morgan fingerprint density at radius 3 is 2.08 bits per heavy atom. The van der Waals surface area contributed by atoms with Gasteiger partial charge in [0, 0.05) is 31.7 Å². The second kappa shape index (κ2) is 7.66. The molecule has 2 fully saturated rings. The Labute approximate surface area is 156 Å². The molecule has 26 heavy (non-hydrogen) atoms. The number of rotatable bonds is 3. The summed E-state index contributed by atoms with van der Waals surface area (Å²) >= 11 is 0. The van der Waals surface area contributed by atoms with Crippen molar-refractivity contribution < 1.29 is 17.9 Å². The number of carbonyl (C=O) groups is 1. The molecule has 0 radical (unpaired) electrons. The molecule has 1 aromatic rings. The van der Waals surface area contributed by atoms with Crippen LogP contribution in [0.25, 0.3) is 0 Å². The third-order valence-corrected chi connectivity index (χ3v) is 7.10. The quantitative estimate of drug-likeness (QED) is 0.807. The summed E-state index contributed by atoms with van der Waals surface area (Å²) < 4.78 is 32.8. The molecule has 0 aliphatic carbocycles.